The summed E-state index contributed by atoms with van der Waals surface area (Å²) in [7, 11) is 0. The molecule has 0 saturated heterocycles. The number of benzene rings is 1. The Morgan fingerprint density at radius 2 is 1.96 bits per heavy atom. The lowest BCUT2D eigenvalue weighted by Crippen LogP contribution is -2.19. The van der Waals surface area contributed by atoms with Gasteiger partial charge in [0.15, 0.2) is 11.5 Å². The number of amides is 2. The van der Waals surface area contributed by atoms with E-state index in [9.17, 15) is 14.4 Å². The summed E-state index contributed by atoms with van der Waals surface area (Å²) >= 11 is 1.28. The highest BCUT2D eigenvalue weighted by Gasteiger charge is 2.20. The number of fused-ring (bicyclic) bond motifs is 1. The molecule has 0 aliphatic carbocycles. The monoisotopic (exact) mass is 401 g/mol. The number of carboxylic acids is 1. The zero-order valence-corrected chi connectivity index (χ0v) is 15.4. The minimum atomic E-state index is -1.24. The van der Waals surface area contributed by atoms with Gasteiger partial charge in [-0.2, -0.15) is 5.10 Å². The zero-order valence-electron chi connectivity index (χ0n) is 14.6. The van der Waals surface area contributed by atoms with Gasteiger partial charge in [-0.3, -0.25) is 9.59 Å². The lowest BCUT2D eigenvalue weighted by molar-refractivity contribution is -0.131. The first-order valence-corrected chi connectivity index (χ1v) is 8.86. The molecule has 0 unspecified atom stereocenters. The summed E-state index contributed by atoms with van der Waals surface area (Å²) in [5.41, 5.74) is 3.67. The summed E-state index contributed by atoms with van der Waals surface area (Å²) in [4.78, 5) is 35.1. The third-order valence-electron chi connectivity index (χ3n) is 3.61. The predicted molar refractivity (Wildman–Crippen MR) is 102 cm³/mol. The number of carbonyl (C=O) groups excluding carboxylic acids is 2. The molecule has 1 aromatic heterocycles. The van der Waals surface area contributed by atoms with Crippen LogP contribution in [0.15, 0.2) is 46.9 Å². The Labute approximate surface area is 163 Å². The van der Waals surface area contributed by atoms with Crippen molar-refractivity contribution in [2.24, 2.45) is 5.10 Å². The van der Waals surface area contributed by atoms with Crippen molar-refractivity contribution in [3.63, 3.8) is 0 Å². The zero-order chi connectivity index (χ0) is 20.1. The molecule has 0 fully saturated rings. The van der Waals surface area contributed by atoms with Gasteiger partial charge in [-0.05, 0) is 24.4 Å². The predicted octanol–water partition coefficient (Wildman–Crippen LogP) is 2.21. The van der Waals surface area contributed by atoms with E-state index in [1.807, 2.05) is 0 Å². The molecule has 0 atom stereocenters. The Hall–Kier alpha value is -3.66. The number of ether oxygens (including phenoxy) is 2. The maximum atomic E-state index is 12.1. The highest BCUT2D eigenvalue weighted by atomic mass is 32.1. The van der Waals surface area contributed by atoms with Crippen LogP contribution in [0.2, 0.25) is 0 Å². The second-order valence-corrected chi connectivity index (χ2v) is 6.48. The largest absolute Gasteiger partial charge is 0.478 e. The first-order valence-electron chi connectivity index (χ1n) is 7.98. The smallest absolute Gasteiger partial charge is 0.328 e. The molecule has 28 heavy (non-hydrogen) atoms. The highest BCUT2D eigenvalue weighted by molar-refractivity contribution is 7.12. The number of aliphatic carboxylic acids is 1. The van der Waals surface area contributed by atoms with E-state index in [1.165, 1.54) is 11.3 Å². The van der Waals surface area contributed by atoms with E-state index in [-0.39, 0.29) is 12.7 Å². The summed E-state index contributed by atoms with van der Waals surface area (Å²) in [6, 6.07) is 6.59. The van der Waals surface area contributed by atoms with Gasteiger partial charge in [0.2, 0.25) is 12.7 Å². The van der Waals surface area contributed by atoms with Crippen LogP contribution in [-0.2, 0) is 9.59 Å². The van der Waals surface area contributed by atoms with E-state index < -0.39 is 11.9 Å². The number of thiophene rings is 1. The number of carbonyl (C=O) groups is 3. The molecule has 9 nitrogen and oxygen atoms in total. The average Bonchev–Trinajstić information content (AvgIpc) is 3.34. The van der Waals surface area contributed by atoms with Gasteiger partial charge in [-0.15, -0.1) is 11.3 Å². The second-order valence-electron chi connectivity index (χ2n) is 5.53. The molecule has 0 radical (unpaired) electrons. The Kier molecular flexibility index (Phi) is 5.70. The molecule has 2 heterocycles. The third-order valence-corrected chi connectivity index (χ3v) is 4.48. The van der Waals surface area contributed by atoms with Crippen molar-refractivity contribution in [1.29, 1.82) is 0 Å². The van der Waals surface area contributed by atoms with Gasteiger partial charge < -0.3 is 19.9 Å². The number of anilines is 1. The summed E-state index contributed by atoms with van der Waals surface area (Å²) < 4.78 is 10.7. The lowest BCUT2D eigenvalue weighted by atomic mass is 10.1. The van der Waals surface area contributed by atoms with Crippen LogP contribution in [0.4, 0.5) is 5.69 Å². The van der Waals surface area contributed by atoms with Gasteiger partial charge in [-0.25, -0.2) is 10.2 Å². The van der Waals surface area contributed by atoms with Crippen LogP contribution in [-0.4, -0.2) is 35.4 Å². The number of nitrogens with zero attached hydrogens (tertiary/aromatic N) is 1. The molecule has 2 aromatic rings. The van der Waals surface area contributed by atoms with Crippen molar-refractivity contribution in [2.45, 2.75) is 6.92 Å². The first-order chi connectivity index (χ1) is 13.4. The van der Waals surface area contributed by atoms with Gasteiger partial charge in [0.25, 0.3) is 5.91 Å². The molecule has 144 valence electrons. The van der Waals surface area contributed by atoms with Crippen LogP contribution in [0, 0.1) is 0 Å². The number of hydrogen-bond donors (Lipinski definition) is 3. The maximum absolute atomic E-state index is 12.1. The molecule has 1 aliphatic rings. The highest BCUT2D eigenvalue weighted by Crippen LogP contribution is 2.37. The third kappa shape index (κ3) is 4.54. The first kappa shape index (κ1) is 19.1. The molecular weight excluding hydrogens is 386 g/mol. The Balaban J connectivity index is 1.85. The number of carboxylic acid groups (broad SMARTS) is 1. The van der Waals surface area contributed by atoms with Crippen molar-refractivity contribution in [3.8, 4) is 11.5 Å². The van der Waals surface area contributed by atoms with Gasteiger partial charge >= 0.3 is 5.97 Å². The van der Waals surface area contributed by atoms with E-state index in [1.54, 1.807) is 36.6 Å². The molecule has 0 spiro atoms. The molecule has 10 heteroatoms. The Bertz CT molecular complexity index is 981. The van der Waals surface area contributed by atoms with Crippen molar-refractivity contribution in [3.05, 3.63) is 52.2 Å². The fraction of sp³-hybridized carbons (Fsp3) is 0.111. The van der Waals surface area contributed by atoms with Crippen LogP contribution in [0.1, 0.15) is 22.2 Å². The number of nitrogens with one attached hydrogen (secondary N) is 2. The van der Waals surface area contributed by atoms with E-state index in [0.29, 0.717) is 33.3 Å². The molecule has 0 saturated carbocycles. The molecule has 3 N–H and O–H groups in total. The van der Waals surface area contributed by atoms with Gasteiger partial charge in [0.1, 0.15) is 0 Å². The van der Waals surface area contributed by atoms with Crippen molar-refractivity contribution >= 4 is 40.5 Å². The normalized spacial score (nSPS) is 12.8. The van der Waals surface area contributed by atoms with Gasteiger partial charge in [0.05, 0.1) is 16.3 Å². The molecule has 2 amide bonds. The fourth-order valence-corrected chi connectivity index (χ4v) is 2.94. The topological polar surface area (TPSA) is 126 Å². The maximum Gasteiger partial charge on any atom is 0.328 e. The number of hydrogen-bond acceptors (Lipinski definition) is 7. The van der Waals surface area contributed by atoms with Gasteiger partial charge in [0, 0.05) is 23.8 Å². The second kappa shape index (κ2) is 8.35. The number of rotatable bonds is 6. The Morgan fingerprint density at radius 3 is 2.64 bits per heavy atom. The SMILES string of the molecule is CC(=NNC(=O)c1cccs1)c1cc2c(cc1NC(=O)C=CC(=O)O)OCO2. The van der Waals surface area contributed by atoms with E-state index in [0.717, 1.165) is 12.2 Å². The van der Waals surface area contributed by atoms with Crippen LogP contribution in [0.3, 0.4) is 0 Å². The molecule has 0 bridgehead atoms. The summed E-state index contributed by atoms with van der Waals surface area (Å²) in [5.74, 6) is -1.34. The summed E-state index contributed by atoms with van der Waals surface area (Å²) in [6.45, 7) is 1.69. The molecule has 3 rings (SSSR count). The lowest BCUT2D eigenvalue weighted by Gasteiger charge is -2.11. The minimum absolute atomic E-state index is 0.0381. The Morgan fingerprint density at radius 1 is 1.21 bits per heavy atom. The van der Waals surface area contributed by atoms with Crippen LogP contribution >= 0.6 is 11.3 Å². The standard InChI is InChI=1S/C18H15N3O6S/c1-10(20-21-18(25)15-3-2-6-28-15)11-7-13-14(27-9-26-13)8-12(11)19-16(22)4-5-17(23)24/h2-8H,9H2,1H3,(H,19,22)(H,21,25)(H,23,24). The summed E-state index contributed by atoms with van der Waals surface area (Å²) in [6.07, 6.45) is 1.62. The van der Waals surface area contributed by atoms with Crippen LogP contribution in [0.5, 0.6) is 11.5 Å². The summed E-state index contributed by atoms with van der Waals surface area (Å²) in [5, 5.41) is 17.1. The van der Waals surface area contributed by atoms with Crippen LogP contribution in [0.25, 0.3) is 0 Å². The van der Waals surface area contributed by atoms with Crippen LogP contribution < -0.4 is 20.2 Å². The molecule has 1 aliphatic heterocycles. The van der Waals surface area contributed by atoms with Crippen molar-refractivity contribution in [2.75, 3.05) is 12.1 Å². The fourth-order valence-electron chi connectivity index (χ4n) is 2.32. The van der Waals surface area contributed by atoms with E-state index in [4.69, 9.17) is 14.6 Å². The quantitative estimate of drug-likeness (QED) is 0.387. The average molecular weight is 401 g/mol. The van der Waals surface area contributed by atoms with Gasteiger partial charge in [-0.1, -0.05) is 6.07 Å². The van der Waals surface area contributed by atoms with E-state index >= 15 is 0 Å². The van der Waals surface area contributed by atoms with Crippen molar-refractivity contribution in [1.82, 2.24) is 5.43 Å². The molecule has 1 aromatic carbocycles. The van der Waals surface area contributed by atoms with E-state index in [2.05, 4.69) is 15.8 Å². The number of hydrazone groups is 1. The molecular formula is C18H15N3O6S. The minimum Gasteiger partial charge on any atom is -0.478 e. The van der Waals surface area contributed by atoms with Crippen molar-refractivity contribution < 1.29 is 29.0 Å².